The normalized spacial score (nSPS) is 17.7. The Hall–Kier alpha value is -3.48. The lowest BCUT2D eigenvalue weighted by Crippen LogP contribution is -2.52. The molecular weight excluding hydrogens is 414 g/mol. The first-order valence-electron chi connectivity index (χ1n) is 11.5. The van der Waals surface area contributed by atoms with Crippen molar-refractivity contribution in [3.8, 4) is 0 Å². The molecule has 1 fully saturated rings. The number of benzene rings is 2. The van der Waals surface area contributed by atoms with Crippen molar-refractivity contribution in [2.24, 2.45) is 5.41 Å². The topological polar surface area (TPSA) is 69.6 Å². The van der Waals surface area contributed by atoms with E-state index in [1.54, 1.807) is 23.9 Å². The maximum atomic E-state index is 13.9. The molecular formula is C26H29N5O2. The predicted octanol–water partition coefficient (Wildman–Crippen LogP) is 2.89. The second kappa shape index (κ2) is 8.46. The standard InChI is InChI=1S/C26H29N5O2/c1-29(2)23(32)18-31-17-21-9-4-3-7-19(21)15-26(24(31)33)11-13-30(14-12-26)25-27-16-20-8-5-6-10-22(20)28-25/h3-10,16H,11-15,17-18H2,1-2H3. The molecule has 2 aromatic carbocycles. The van der Waals surface area contributed by atoms with Crippen molar-refractivity contribution in [2.45, 2.75) is 25.8 Å². The van der Waals surface area contributed by atoms with Crippen molar-refractivity contribution in [3.05, 3.63) is 65.9 Å². The summed E-state index contributed by atoms with van der Waals surface area (Å²) in [5.74, 6) is 0.748. The van der Waals surface area contributed by atoms with Gasteiger partial charge in [-0.15, -0.1) is 0 Å². The molecule has 0 saturated carbocycles. The summed E-state index contributed by atoms with van der Waals surface area (Å²) in [7, 11) is 3.47. The predicted molar refractivity (Wildman–Crippen MR) is 128 cm³/mol. The molecule has 7 heteroatoms. The van der Waals surface area contributed by atoms with E-state index >= 15 is 0 Å². The van der Waals surface area contributed by atoms with Crippen LogP contribution in [0.4, 0.5) is 5.95 Å². The van der Waals surface area contributed by atoms with Crippen molar-refractivity contribution < 1.29 is 9.59 Å². The van der Waals surface area contributed by atoms with Crippen LogP contribution in [0.2, 0.25) is 0 Å². The fourth-order valence-electron chi connectivity index (χ4n) is 5.01. The second-order valence-electron chi connectivity index (χ2n) is 9.39. The Balaban J connectivity index is 1.41. The second-order valence-corrected chi connectivity index (χ2v) is 9.39. The highest BCUT2D eigenvalue weighted by molar-refractivity contribution is 5.89. The minimum atomic E-state index is -0.507. The third-order valence-electron chi connectivity index (χ3n) is 7.05. The lowest BCUT2D eigenvalue weighted by molar-refractivity contribution is -0.148. The molecule has 170 valence electrons. The van der Waals surface area contributed by atoms with E-state index in [0.29, 0.717) is 44.8 Å². The smallest absolute Gasteiger partial charge is 0.241 e. The van der Waals surface area contributed by atoms with Crippen molar-refractivity contribution in [3.63, 3.8) is 0 Å². The fourth-order valence-corrected chi connectivity index (χ4v) is 5.01. The molecule has 0 radical (unpaired) electrons. The maximum absolute atomic E-state index is 13.9. The highest BCUT2D eigenvalue weighted by atomic mass is 16.2. The van der Waals surface area contributed by atoms with Crippen LogP contribution in [0, 0.1) is 5.41 Å². The molecule has 1 saturated heterocycles. The van der Waals surface area contributed by atoms with Gasteiger partial charge in [-0.2, -0.15) is 0 Å². The summed E-state index contributed by atoms with van der Waals surface area (Å²) in [5.41, 5.74) is 2.76. The van der Waals surface area contributed by atoms with Gasteiger partial charge in [0.25, 0.3) is 0 Å². The Labute approximate surface area is 194 Å². The number of amides is 2. The van der Waals surface area contributed by atoms with E-state index in [0.717, 1.165) is 16.5 Å². The zero-order chi connectivity index (χ0) is 23.0. The largest absolute Gasteiger partial charge is 0.347 e. The molecule has 0 aliphatic carbocycles. The van der Waals surface area contributed by atoms with E-state index in [1.165, 1.54) is 5.56 Å². The average molecular weight is 444 g/mol. The van der Waals surface area contributed by atoms with Gasteiger partial charge >= 0.3 is 0 Å². The first-order valence-corrected chi connectivity index (χ1v) is 11.5. The summed E-state index contributed by atoms with van der Waals surface area (Å²) < 4.78 is 0. The molecule has 1 aromatic heterocycles. The highest BCUT2D eigenvalue weighted by Gasteiger charge is 2.46. The van der Waals surface area contributed by atoms with Crippen LogP contribution < -0.4 is 4.90 Å². The molecule has 3 heterocycles. The van der Waals surface area contributed by atoms with E-state index in [9.17, 15) is 9.59 Å². The van der Waals surface area contributed by atoms with Crippen LogP contribution >= 0.6 is 0 Å². The molecule has 7 nitrogen and oxygen atoms in total. The van der Waals surface area contributed by atoms with E-state index < -0.39 is 5.41 Å². The van der Waals surface area contributed by atoms with Crippen LogP contribution in [-0.4, -0.2) is 65.3 Å². The van der Waals surface area contributed by atoms with Crippen LogP contribution in [0.5, 0.6) is 0 Å². The minimum absolute atomic E-state index is 0.0557. The molecule has 3 aromatic rings. The summed E-state index contributed by atoms with van der Waals surface area (Å²) in [6.45, 7) is 2.01. The van der Waals surface area contributed by atoms with Gasteiger partial charge < -0.3 is 14.7 Å². The lowest BCUT2D eigenvalue weighted by atomic mass is 9.73. The first-order chi connectivity index (χ1) is 15.9. The molecule has 2 aliphatic rings. The summed E-state index contributed by atoms with van der Waals surface area (Å²) >= 11 is 0. The third kappa shape index (κ3) is 4.03. The Kier molecular flexibility index (Phi) is 5.48. The Morgan fingerprint density at radius 1 is 1.03 bits per heavy atom. The van der Waals surface area contributed by atoms with Crippen molar-refractivity contribution in [1.29, 1.82) is 0 Å². The average Bonchev–Trinajstić information content (AvgIpc) is 2.94. The minimum Gasteiger partial charge on any atom is -0.347 e. The van der Waals surface area contributed by atoms with Gasteiger partial charge in [-0.1, -0.05) is 42.5 Å². The monoisotopic (exact) mass is 443 g/mol. The van der Waals surface area contributed by atoms with Gasteiger partial charge in [-0.3, -0.25) is 9.59 Å². The van der Waals surface area contributed by atoms with Gasteiger partial charge in [-0.25, -0.2) is 9.97 Å². The molecule has 0 atom stereocenters. The van der Waals surface area contributed by atoms with Crippen molar-refractivity contribution >= 4 is 28.7 Å². The number of piperidine rings is 1. The number of hydrogen-bond donors (Lipinski definition) is 0. The summed E-state index contributed by atoms with van der Waals surface area (Å²) in [5, 5.41) is 1.02. The fraction of sp³-hybridized carbons (Fsp3) is 0.385. The maximum Gasteiger partial charge on any atom is 0.241 e. The number of para-hydroxylation sites is 1. The molecule has 5 rings (SSSR count). The molecule has 2 amide bonds. The van der Waals surface area contributed by atoms with Gasteiger partial charge in [0.15, 0.2) is 0 Å². The third-order valence-corrected chi connectivity index (χ3v) is 7.05. The van der Waals surface area contributed by atoms with Gasteiger partial charge in [0, 0.05) is 45.3 Å². The molecule has 0 unspecified atom stereocenters. The number of carbonyl (C=O) groups is 2. The SMILES string of the molecule is CN(C)C(=O)CN1Cc2ccccc2CC2(CCN(c3ncc4ccccc4n3)CC2)C1=O. The van der Waals surface area contributed by atoms with E-state index in [-0.39, 0.29) is 18.4 Å². The van der Waals surface area contributed by atoms with Crippen LogP contribution in [-0.2, 0) is 22.6 Å². The summed E-state index contributed by atoms with van der Waals surface area (Å²) in [6.07, 6.45) is 4.00. The number of nitrogens with zero attached hydrogens (tertiary/aromatic N) is 5. The molecule has 2 aliphatic heterocycles. The van der Waals surface area contributed by atoms with Gasteiger partial charge in [0.1, 0.15) is 6.54 Å². The van der Waals surface area contributed by atoms with Crippen LogP contribution in [0.1, 0.15) is 24.0 Å². The summed E-state index contributed by atoms with van der Waals surface area (Å²) in [6, 6.07) is 16.2. The van der Waals surface area contributed by atoms with Gasteiger partial charge in [-0.05, 0) is 36.5 Å². The van der Waals surface area contributed by atoms with E-state index in [4.69, 9.17) is 4.98 Å². The Morgan fingerprint density at radius 2 is 1.73 bits per heavy atom. The van der Waals surface area contributed by atoms with Gasteiger partial charge in [0.2, 0.25) is 17.8 Å². The Bertz CT molecular complexity index is 1200. The number of anilines is 1. The zero-order valence-electron chi connectivity index (χ0n) is 19.2. The quantitative estimate of drug-likeness (QED) is 0.623. The number of hydrogen-bond acceptors (Lipinski definition) is 5. The number of likely N-dealkylation sites (N-methyl/N-ethyl adjacent to an activating group) is 1. The molecule has 0 bridgehead atoms. The molecule has 33 heavy (non-hydrogen) atoms. The van der Waals surface area contributed by atoms with Crippen molar-refractivity contribution in [1.82, 2.24) is 19.8 Å². The van der Waals surface area contributed by atoms with E-state index in [1.807, 2.05) is 42.6 Å². The highest BCUT2D eigenvalue weighted by Crippen LogP contribution is 2.41. The van der Waals surface area contributed by atoms with Gasteiger partial charge in [0.05, 0.1) is 10.9 Å². The number of rotatable bonds is 3. The number of aromatic nitrogens is 2. The summed E-state index contributed by atoms with van der Waals surface area (Å²) in [4.78, 5) is 41.2. The Morgan fingerprint density at radius 3 is 2.48 bits per heavy atom. The molecule has 0 N–H and O–H groups in total. The van der Waals surface area contributed by atoms with Crippen LogP contribution in [0.15, 0.2) is 54.7 Å². The zero-order valence-corrected chi connectivity index (χ0v) is 19.2. The number of carbonyl (C=O) groups excluding carboxylic acids is 2. The number of fused-ring (bicyclic) bond motifs is 2. The van der Waals surface area contributed by atoms with Crippen LogP contribution in [0.25, 0.3) is 10.9 Å². The van der Waals surface area contributed by atoms with Crippen molar-refractivity contribution in [2.75, 3.05) is 38.6 Å². The molecule has 1 spiro atoms. The van der Waals surface area contributed by atoms with E-state index in [2.05, 4.69) is 22.0 Å². The first kappa shape index (κ1) is 21.4. The lowest BCUT2D eigenvalue weighted by Gasteiger charge is -2.42. The van der Waals surface area contributed by atoms with Crippen LogP contribution in [0.3, 0.4) is 0 Å².